The van der Waals surface area contributed by atoms with Crippen molar-refractivity contribution in [2.45, 2.75) is 32.4 Å². The van der Waals surface area contributed by atoms with Crippen LogP contribution in [0.5, 0.6) is 5.75 Å². The highest BCUT2D eigenvalue weighted by Gasteiger charge is 2.36. The van der Waals surface area contributed by atoms with Gasteiger partial charge in [-0.15, -0.1) is 0 Å². The average molecular weight is 456 g/mol. The van der Waals surface area contributed by atoms with Crippen LogP contribution in [0.25, 0.3) is 11.0 Å². The fourth-order valence-corrected chi connectivity index (χ4v) is 5.59. The van der Waals surface area contributed by atoms with Crippen LogP contribution < -0.4 is 10.4 Å². The number of nitrogens with zero attached hydrogens (tertiary/aromatic N) is 1. The molecule has 4 rings (SSSR count). The predicted molar refractivity (Wildman–Crippen MR) is 122 cm³/mol. The molecule has 8 heteroatoms. The monoisotopic (exact) mass is 455 g/mol. The van der Waals surface area contributed by atoms with Crippen LogP contribution in [0, 0.1) is 0 Å². The summed E-state index contributed by atoms with van der Waals surface area (Å²) in [5.74, 6) is 0.109. The molecular formula is C24H25NO6S. The van der Waals surface area contributed by atoms with Gasteiger partial charge in [0.2, 0.25) is 0 Å². The zero-order valence-corrected chi connectivity index (χ0v) is 18.6. The van der Waals surface area contributed by atoms with Gasteiger partial charge in [-0.1, -0.05) is 37.3 Å². The number of benzene rings is 2. The summed E-state index contributed by atoms with van der Waals surface area (Å²) in [6.45, 7) is 2.82. The Kier molecular flexibility index (Phi) is 6.32. The van der Waals surface area contributed by atoms with Crippen molar-refractivity contribution in [3.05, 3.63) is 76.1 Å². The standard InChI is InChI=1S/C24H25NO6S/c1-2-12-30-20-9-7-17(8-10-20)15-25(19-11-13-32(28,29)16-19)23(26)21-14-18-5-3-4-6-22(18)31-24(21)27/h3-10,14,19H,2,11-13,15-16H2,1H3. The molecule has 168 valence electrons. The molecule has 1 fully saturated rings. The molecule has 1 saturated heterocycles. The Morgan fingerprint density at radius 1 is 1.16 bits per heavy atom. The second-order valence-electron chi connectivity index (χ2n) is 7.97. The van der Waals surface area contributed by atoms with Crippen LogP contribution in [-0.2, 0) is 16.4 Å². The zero-order valence-electron chi connectivity index (χ0n) is 17.8. The van der Waals surface area contributed by atoms with Crippen LogP contribution in [0.15, 0.2) is 63.8 Å². The third-order valence-corrected chi connectivity index (χ3v) is 7.28. The van der Waals surface area contributed by atoms with Crippen LogP contribution in [0.4, 0.5) is 0 Å². The first-order valence-electron chi connectivity index (χ1n) is 10.6. The molecule has 1 aliphatic heterocycles. The number of hydrogen-bond acceptors (Lipinski definition) is 6. The molecule has 0 bridgehead atoms. The maximum atomic E-state index is 13.5. The molecule has 1 amide bonds. The van der Waals surface area contributed by atoms with Crippen LogP contribution in [0.1, 0.15) is 35.7 Å². The van der Waals surface area contributed by atoms with E-state index in [4.69, 9.17) is 9.15 Å². The summed E-state index contributed by atoms with van der Waals surface area (Å²) in [4.78, 5) is 27.5. The first kappa shape index (κ1) is 22.1. The number of carbonyl (C=O) groups excluding carboxylic acids is 1. The molecule has 1 unspecified atom stereocenters. The predicted octanol–water partition coefficient (Wildman–Crippen LogP) is 3.41. The second-order valence-corrected chi connectivity index (χ2v) is 10.2. The van der Waals surface area contributed by atoms with E-state index in [-0.39, 0.29) is 23.6 Å². The summed E-state index contributed by atoms with van der Waals surface area (Å²) in [6.07, 6.45) is 1.24. The molecule has 2 aromatic carbocycles. The summed E-state index contributed by atoms with van der Waals surface area (Å²) < 4.78 is 35.2. The Bertz CT molecular complexity index is 1280. The largest absolute Gasteiger partial charge is 0.494 e. The van der Waals surface area contributed by atoms with E-state index in [0.717, 1.165) is 17.7 Å². The molecule has 1 aliphatic rings. The molecule has 3 aromatic rings. The molecular weight excluding hydrogens is 430 g/mol. The van der Waals surface area contributed by atoms with Crippen LogP contribution in [0.2, 0.25) is 0 Å². The van der Waals surface area contributed by atoms with E-state index in [2.05, 4.69) is 0 Å². The fourth-order valence-electron chi connectivity index (χ4n) is 3.86. The number of carbonyl (C=O) groups is 1. The van der Waals surface area contributed by atoms with Gasteiger partial charge in [0.15, 0.2) is 9.84 Å². The minimum absolute atomic E-state index is 0.0254. The summed E-state index contributed by atoms with van der Waals surface area (Å²) >= 11 is 0. The van der Waals surface area contributed by atoms with Crippen molar-refractivity contribution < 1.29 is 22.4 Å². The van der Waals surface area contributed by atoms with Gasteiger partial charge in [-0.3, -0.25) is 4.79 Å². The lowest BCUT2D eigenvalue weighted by atomic mass is 10.1. The molecule has 7 nitrogen and oxygen atoms in total. The lowest BCUT2D eigenvalue weighted by Crippen LogP contribution is -2.42. The zero-order chi connectivity index (χ0) is 22.7. The quantitative estimate of drug-likeness (QED) is 0.507. The number of rotatable bonds is 7. The first-order chi connectivity index (χ1) is 15.4. The van der Waals surface area contributed by atoms with Crippen LogP contribution in [0.3, 0.4) is 0 Å². The first-order valence-corrected chi connectivity index (χ1v) is 12.4. The van der Waals surface area contributed by atoms with E-state index >= 15 is 0 Å². The fraction of sp³-hybridized carbons (Fsp3) is 0.333. The van der Waals surface area contributed by atoms with Crippen LogP contribution in [-0.4, -0.2) is 43.4 Å². The van der Waals surface area contributed by atoms with Crippen molar-refractivity contribution in [1.82, 2.24) is 4.90 Å². The van der Waals surface area contributed by atoms with Crippen molar-refractivity contribution in [2.75, 3.05) is 18.1 Å². The Hall–Kier alpha value is -3.13. The third kappa shape index (κ3) is 4.85. The number of hydrogen-bond donors (Lipinski definition) is 0. The van der Waals surface area contributed by atoms with Crippen molar-refractivity contribution in [2.24, 2.45) is 0 Å². The lowest BCUT2D eigenvalue weighted by Gasteiger charge is -2.28. The number of sulfone groups is 1. The second kappa shape index (κ2) is 9.16. The molecule has 0 aliphatic carbocycles. The van der Waals surface area contributed by atoms with E-state index in [1.807, 2.05) is 31.2 Å². The molecule has 1 aromatic heterocycles. The summed E-state index contributed by atoms with van der Waals surface area (Å²) in [6, 6.07) is 15.3. The highest BCUT2D eigenvalue weighted by Crippen LogP contribution is 2.24. The van der Waals surface area contributed by atoms with Crippen molar-refractivity contribution in [3.63, 3.8) is 0 Å². The SMILES string of the molecule is CCCOc1ccc(CN(C(=O)c2cc3ccccc3oc2=O)C2CCS(=O)(=O)C2)cc1. The van der Waals surface area contributed by atoms with E-state index in [1.54, 1.807) is 24.3 Å². The van der Waals surface area contributed by atoms with Gasteiger partial charge in [-0.05, 0) is 42.7 Å². The summed E-state index contributed by atoms with van der Waals surface area (Å²) in [5.41, 5.74) is 0.377. The molecule has 0 spiro atoms. The Balaban J connectivity index is 1.66. The number of fused-ring (bicyclic) bond motifs is 1. The van der Waals surface area contributed by atoms with E-state index in [0.29, 0.717) is 24.0 Å². The minimum atomic E-state index is -3.23. The summed E-state index contributed by atoms with van der Waals surface area (Å²) in [7, 11) is -3.23. The molecule has 2 heterocycles. The molecule has 0 radical (unpaired) electrons. The molecule has 0 N–H and O–H groups in total. The number of ether oxygens (including phenoxy) is 1. The van der Waals surface area contributed by atoms with Gasteiger partial charge in [0.25, 0.3) is 5.91 Å². The number of para-hydroxylation sites is 1. The summed E-state index contributed by atoms with van der Waals surface area (Å²) in [5, 5.41) is 0.631. The van der Waals surface area contributed by atoms with Gasteiger partial charge in [0, 0.05) is 18.0 Å². The van der Waals surface area contributed by atoms with Gasteiger partial charge in [0.1, 0.15) is 16.9 Å². The van der Waals surface area contributed by atoms with E-state index in [1.165, 1.54) is 11.0 Å². The number of amides is 1. The van der Waals surface area contributed by atoms with Crippen molar-refractivity contribution in [1.29, 1.82) is 0 Å². The molecule has 1 atom stereocenters. The Morgan fingerprint density at radius 2 is 1.91 bits per heavy atom. The van der Waals surface area contributed by atoms with Gasteiger partial charge < -0.3 is 14.1 Å². The Morgan fingerprint density at radius 3 is 2.59 bits per heavy atom. The minimum Gasteiger partial charge on any atom is -0.494 e. The smallest absolute Gasteiger partial charge is 0.349 e. The lowest BCUT2D eigenvalue weighted by molar-refractivity contribution is 0.0676. The van der Waals surface area contributed by atoms with Gasteiger partial charge in [-0.2, -0.15) is 0 Å². The maximum Gasteiger partial charge on any atom is 0.349 e. The van der Waals surface area contributed by atoms with Gasteiger partial charge in [0.05, 0.1) is 18.1 Å². The highest BCUT2D eigenvalue weighted by atomic mass is 32.2. The molecule has 32 heavy (non-hydrogen) atoms. The normalized spacial score (nSPS) is 17.3. The maximum absolute atomic E-state index is 13.5. The van der Waals surface area contributed by atoms with Gasteiger partial charge >= 0.3 is 5.63 Å². The third-order valence-electron chi connectivity index (χ3n) is 5.53. The van der Waals surface area contributed by atoms with Crippen LogP contribution >= 0.6 is 0 Å². The van der Waals surface area contributed by atoms with Crippen molar-refractivity contribution >= 4 is 26.7 Å². The van der Waals surface area contributed by atoms with Gasteiger partial charge in [-0.25, -0.2) is 13.2 Å². The average Bonchev–Trinajstić information content (AvgIpc) is 3.15. The van der Waals surface area contributed by atoms with Crippen molar-refractivity contribution in [3.8, 4) is 5.75 Å². The topological polar surface area (TPSA) is 93.9 Å². The highest BCUT2D eigenvalue weighted by molar-refractivity contribution is 7.91. The Labute approximate surface area is 186 Å². The van der Waals surface area contributed by atoms with E-state index in [9.17, 15) is 18.0 Å². The molecule has 0 saturated carbocycles. The van der Waals surface area contributed by atoms with E-state index < -0.39 is 27.4 Å².